The van der Waals surface area contributed by atoms with Crippen LogP contribution in [-0.4, -0.2) is 24.8 Å². The third-order valence-electron chi connectivity index (χ3n) is 3.04. The van der Waals surface area contributed by atoms with Gasteiger partial charge in [-0.25, -0.2) is 0 Å². The van der Waals surface area contributed by atoms with Gasteiger partial charge in [-0.2, -0.15) is 0 Å². The van der Waals surface area contributed by atoms with Crippen molar-refractivity contribution in [3.8, 4) is 11.1 Å². The normalized spacial score (nSPS) is 14.9. The van der Waals surface area contributed by atoms with Crippen LogP contribution in [0.2, 0.25) is 0 Å². The molecule has 0 bridgehead atoms. The quantitative estimate of drug-likeness (QED) is 0.535. The predicted molar refractivity (Wildman–Crippen MR) is 71.4 cm³/mol. The smallest absolute Gasteiger partial charge is 0.234 e. The summed E-state index contributed by atoms with van der Waals surface area (Å²) in [6.07, 6.45) is 0. The number of Topliss-reactive ketones (excluding diaryl/α,β-unsaturated/α-hetero) is 2. The lowest BCUT2D eigenvalue weighted by Crippen LogP contribution is -2.20. The van der Waals surface area contributed by atoms with Gasteiger partial charge in [-0.05, 0) is 11.1 Å². The summed E-state index contributed by atoms with van der Waals surface area (Å²) in [5.74, 6) is -0.816. The molecule has 0 amide bonds. The Hall–Kier alpha value is -2.26. The lowest BCUT2D eigenvalue weighted by atomic mass is 9.84. The Labute approximate surface area is 110 Å². The summed E-state index contributed by atoms with van der Waals surface area (Å²) in [7, 11) is 0. The third kappa shape index (κ3) is 2.20. The van der Waals surface area contributed by atoms with Gasteiger partial charge in [0.2, 0.25) is 11.6 Å². The number of carbonyl (C=O) groups is 2. The molecule has 3 heteroatoms. The predicted octanol–water partition coefficient (Wildman–Crippen LogP) is 2.75. The SMILES string of the molecule is C1CO1.O=C1C(=O)c2ccccc2-c2ccccc21. The molecular formula is C16H12O3. The second kappa shape index (κ2) is 4.78. The average molecular weight is 252 g/mol. The van der Waals surface area contributed by atoms with Crippen molar-refractivity contribution in [1.82, 2.24) is 0 Å². The Bertz CT molecular complexity index is 598. The van der Waals surface area contributed by atoms with Gasteiger partial charge in [0.1, 0.15) is 0 Å². The molecule has 0 aromatic heterocycles. The monoisotopic (exact) mass is 252 g/mol. The topological polar surface area (TPSA) is 46.7 Å². The molecule has 1 aliphatic heterocycles. The summed E-state index contributed by atoms with van der Waals surface area (Å²) in [5, 5.41) is 0. The van der Waals surface area contributed by atoms with Gasteiger partial charge in [0.05, 0.1) is 13.2 Å². The Morgan fingerprint density at radius 1 is 0.632 bits per heavy atom. The molecule has 0 N–H and O–H groups in total. The van der Waals surface area contributed by atoms with Crippen LogP contribution in [0.3, 0.4) is 0 Å². The number of ketones is 2. The van der Waals surface area contributed by atoms with E-state index in [-0.39, 0.29) is 0 Å². The highest BCUT2D eigenvalue weighted by atomic mass is 16.6. The molecule has 4 rings (SSSR count). The third-order valence-corrected chi connectivity index (χ3v) is 3.04. The Morgan fingerprint density at radius 2 is 0.947 bits per heavy atom. The fraction of sp³-hybridized carbons (Fsp3) is 0.125. The number of hydrogen-bond donors (Lipinski definition) is 0. The lowest BCUT2D eigenvalue weighted by Gasteiger charge is -2.16. The van der Waals surface area contributed by atoms with Crippen molar-refractivity contribution < 1.29 is 14.3 Å². The second-order valence-electron chi connectivity index (χ2n) is 4.36. The first kappa shape index (κ1) is 11.8. The average Bonchev–Trinajstić information content (AvgIpc) is 3.33. The summed E-state index contributed by atoms with van der Waals surface area (Å²) >= 11 is 0. The maximum absolute atomic E-state index is 11.8. The molecule has 3 nitrogen and oxygen atoms in total. The number of epoxide rings is 1. The molecule has 1 saturated heterocycles. The minimum Gasteiger partial charge on any atom is -0.377 e. The first-order valence-corrected chi connectivity index (χ1v) is 6.14. The minimum absolute atomic E-state index is 0.408. The molecule has 0 spiro atoms. The molecule has 0 unspecified atom stereocenters. The van der Waals surface area contributed by atoms with Crippen LogP contribution in [0.4, 0.5) is 0 Å². The summed E-state index contributed by atoms with van der Waals surface area (Å²) in [5.41, 5.74) is 2.71. The van der Waals surface area contributed by atoms with Crippen LogP contribution in [0.25, 0.3) is 11.1 Å². The van der Waals surface area contributed by atoms with Crippen molar-refractivity contribution in [1.29, 1.82) is 0 Å². The maximum Gasteiger partial charge on any atom is 0.234 e. The molecule has 2 aliphatic rings. The second-order valence-corrected chi connectivity index (χ2v) is 4.36. The van der Waals surface area contributed by atoms with E-state index < -0.39 is 11.6 Å². The van der Waals surface area contributed by atoms with Crippen LogP contribution in [0.1, 0.15) is 20.7 Å². The van der Waals surface area contributed by atoms with Gasteiger partial charge in [-0.3, -0.25) is 9.59 Å². The number of hydrogen-bond acceptors (Lipinski definition) is 3. The van der Waals surface area contributed by atoms with Gasteiger partial charge in [-0.1, -0.05) is 48.5 Å². The van der Waals surface area contributed by atoms with E-state index >= 15 is 0 Å². The van der Waals surface area contributed by atoms with Crippen molar-refractivity contribution in [3.63, 3.8) is 0 Å². The molecule has 0 radical (unpaired) electrons. The molecule has 19 heavy (non-hydrogen) atoms. The van der Waals surface area contributed by atoms with Crippen molar-refractivity contribution in [3.05, 3.63) is 59.7 Å². The van der Waals surface area contributed by atoms with E-state index in [9.17, 15) is 9.59 Å². The zero-order valence-electron chi connectivity index (χ0n) is 10.3. The molecule has 2 aromatic carbocycles. The summed E-state index contributed by atoms with van der Waals surface area (Å²) in [4.78, 5) is 23.7. The molecule has 1 heterocycles. The number of benzene rings is 2. The van der Waals surface area contributed by atoms with Gasteiger partial charge in [-0.15, -0.1) is 0 Å². The van der Waals surface area contributed by atoms with E-state index in [1.54, 1.807) is 24.3 Å². The fourth-order valence-electron chi connectivity index (χ4n) is 2.08. The van der Waals surface area contributed by atoms with E-state index in [0.29, 0.717) is 11.1 Å². The van der Waals surface area contributed by atoms with E-state index in [2.05, 4.69) is 4.74 Å². The standard InChI is InChI=1S/C14H8O2.C2H4O/c15-13-11-7-3-1-5-9(11)10-6-2-4-8-12(10)14(13)16;1-2-3-1/h1-8H;1-2H2. The van der Waals surface area contributed by atoms with Crippen molar-refractivity contribution in [2.75, 3.05) is 13.2 Å². The van der Waals surface area contributed by atoms with Crippen molar-refractivity contribution >= 4 is 11.6 Å². The van der Waals surface area contributed by atoms with E-state index in [4.69, 9.17) is 0 Å². The van der Waals surface area contributed by atoms with E-state index in [1.807, 2.05) is 24.3 Å². The zero-order chi connectivity index (χ0) is 13.2. The first-order chi connectivity index (χ1) is 9.29. The molecule has 0 saturated carbocycles. The van der Waals surface area contributed by atoms with E-state index in [1.165, 1.54) is 0 Å². The summed E-state index contributed by atoms with van der Waals surface area (Å²) < 4.78 is 4.50. The molecule has 1 aliphatic carbocycles. The van der Waals surface area contributed by atoms with Crippen LogP contribution in [-0.2, 0) is 4.74 Å². The molecule has 1 fully saturated rings. The van der Waals surface area contributed by atoms with Gasteiger partial charge < -0.3 is 4.74 Å². The first-order valence-electron chi connectivity index (χ1n) is 6.14. The minimum atomic E-state index is -0.408. The highest BCUT2D eigenvalue weighted by molar-refractivity contribution is 6.52. The van der Waals surface area contributed by atoms with Crippen molar-refractivity contribution in [2.24, 2.45) is 0 Å². The van der Waals surface area contributed by atoms with Crippen LogP contribution < -0.4 is 0 Å². The van der Waals surface area contributed by atoms with Gasteiger partial charge >= 0.3 is 0 Å². The Morgan fingerprint density at radius 3 is 1.26 bits per heavy atom. The highest BCUT2D eigenvalue weighted by Crippen LogP contribution is 2.32. The fourth-order valence-corrected chi connectivity index (χ4v) is 2.08. The van der Waals surface area contributed by atoms with Gasteiger partial charge in [0.15, 0.2) is 0 Å². The molecule has 2 aromatic rings. The van der Waals surface area contributed by atoms with Crippen molar-refractivity contribution in [2.45, 2.75) is 0 Å². The van der Waals surface area contributed by atoms with Crippen LogP contribution in [0.5, 0.6) is 0 Å². The van der Waals surface area contributed by atoms with Crippen LogP contribution in [0, 0.1) is 0 Å². The van der Waals surface area contributed by atoms with Gasteiger partial charge in [0, 0.05) is 11.1 Å². The number of rotatable bonds is 0. The molecule has 0 atom stereocenters. The molecule has 94 valence electrons. The maximum atomic E-state index is 11.8. The van der Waals surface area contributed by atoms with E-state index in [0.717, 1.165) is 24.3 Å². The zero-order valence-corrected chi connectivity index (χ0v) is 10.3. The Kier molecular flexibility index (Phi) is 2.97. The number of carbonyl (C=O) groups excluding carboxylic acids is 2. The van der Waals surface area contributed by atoms with Crippen LogP contribution >= 0.6 is 0 Å². The van der Waals surface area contributed by atoms with Crippen LogP contribution in [0.15, 0.2) is 48.5 Å². The lowest BCUT2D eigenvalue weighted by molar-refractivity contribution is 0.0815. The summed E-state index contributed by atoms with van der Waals surface area (Å²) in [6, 6.07) is 14.4. The summed E-state index contributed by atoms with van der Waals surface area (Å²) in [6.45, 7) is 2.00. The highest BCUT2D eigenvalue weighted by Gasteiger charge is 2.29. The number of ether oxygens (including phenoxy) is 1. The Balaban J connectivity index is 0.000000325. The molecular weight excluding hydrogens is 240 g/mol. The largest absolute Gasteiger partial charge is 0.377 e. The van der Waals surface area contributed by atoms with Gasteiger partial charge in [0.25, 0.3) is 0 Å². The number of fused-ring (bicyclic) bond motifs is 3.